The monoisotopic (exact) mass is 169 g/mol. The largest absolute Gasteiger partial charge is 0.481 e. The molecule has 1 aromatic heterocycles. The molecule has 0 amide bonds. The number of rotatable bonds is 3. The zero-order chi connectivity index (χ0) is 9.14. The molecular weight excluding hydrogens is 162 g/mol. The van der Waals surface area contributed by atoms with Crippen molar-refractivity contribution < 1.29 is 19.2 Å². The SMILES string of the molecule is CC(=O)c1cc(CC(=O)O)on1. The third kappa shape index (κ3) is 1.91. The molecular formula is C7H7NO4. The number of carboxylic acids is 1. The van der Waals surface area contributed by atoms with Crippen molar-refractivity contribution >= 4 is 11.8 Å². The van der Waals surface area contributed by atoms with Crippen LogP contribution in [-0.2, 0) is 11.2 Å². The summed E-state index contributed by atoms with van der Waals surface area (Å²) >= 11 is 0. The molecule has 1 N–H and O–H groups in total. The van der Waals surface area contributed by atoms with Gasteiger partial charge in [0.05, 0.1) is 0 Å². The molecule has 12 heavy (non-hydrogen) atoms. The maximum Gasteiger partial charge on any atom is 0.311 e. The predicted molar refractivity (Wildman–Crippen MR) is 37.8 cm³/mol. The molecule has 0 aliphatic carbocycles. The van der Waals surface area contributed by atoms with Gasteiger partial charge in [-0.05, 0) is 0 Å². The topological polar surface area (TPSA) is 80.4 Å². The summed E-state index contributed by atoms with van der Waals surface area (Å²) < 4.78 is 4.59. The molecule has 1 heterocycles. The number of carbonyl (C=O) groups excluding carboxylic acids is 1. The first-order valence-corrected chi connectivity index (χ1v) is 3.28. The molecule has 0 saturated carbocycles. The first-order chi connectivity index (χ1) is 5.59. The predicted octanol–water partition coefficient (Wildman–Crippen LogP) is 0.504. The Morgan fingerprint density at radius 1 is 1.67 bits per heavy atom. The molecule has 1 aromatic rings. The van der Waals surface area contributed by atoms with Crippen molar-refractivity contribution in [2.75, 3.05) is 0 Å². The Hall–Kier alpha value is -1.65. The van der Waals surface area contributed by atoms with Crippen molar-refractivity contribution in [1.82, 2.24) is 5.16 Å². The Morgan fingerprint density at radius 2 is 2.33 bits per heavy atom. The van der Waals surface area contributed by atoms with Crippen molar-refractivity contribution in [2.24, 2.45) is 0 Å². The number of aromatic nitrogens is 1. The van der Waals surface area contributed by atoms with E-state index in [4.69, 9.17) is 5.11 Å². The molecule has 5 heteroatoms. The van der Waals surface area contributed by atoms with Gasteiger partial charge < -0.3 is 9.63 Å². The molecule has 0 unspecified atom stereocenters. The quantitative estimate of drug-likeness (QED) is 0.666. The van der Waals surface area contributed by atoms with Gasteiger partial charge in [0.1, 0.15) is 17.9 Å². The van der Waals surface area contributed by atoms with Gasteiger partial charge in [-0.25, -0.2) is 0 Å². The Balaban J connectivity index is 2.77. The summed E-state index contributed by atoms with van der Waals surface area (Å²) in [5.74, 6) is -1.07. The van der Waals surface area contributed by atoms with Gasteiger partial charge in [0.15, 0.2) is 5.78 Å². The molecule has 1 rings (SSSR count). The van der Waals surface area contributed by atoms with E-state index in [0.717, 1.165) is 0 Å². The van der Waals surface area contributed by atoms with Crippen LogP contribution in [0.5, 0.6) is 0 Å². The Kier molecular flexibility index (Phi) is 2.23. The van der Waals surface area contributed by atoms with Crippen LogP contribution in [0.1, 0.15) is 23.2 Å². The standard InChI is InChI=1S/C7H7NO4/c1-4(9)6-2-5(12-8-6)3-7(10)11/h2H,3H2,1H3,(H,10,11). The molecule has 0 atom stereocenters. The number of aliphatic carboxylic acids is 1. The number of carboxylic acid groups (broad SMARTS) is 1. The highest BCUT2D eigenvalue weighted by Crippen LogP contribution is 2.04. The van der Waals surface area contributed by atoms with Gasteiger partial charge in [-0.1, -0.05) is 5.16 Å². The molecule has 0 aromatic carbocycles. The van der Waals surface area contributed by atoms with Crippen molar-refractivity contribution in [1.29, 1.82) is 0 Å². The highest BCUT2D eigenvalue weighted by molar-refractivity contribution is 5.92. The number of ketones is 1. The summed E-state index contributed by atoms with van der Waals surface area (Å²) in [7, 11) is 0. The minimum absolute atomic E-state index is 0.159. The Morgan fingerprint density at radius 3 is 2.75 bits per heavy atom. The van der Waals surface area contributed by atoms with E-state index in [9.17, 15) is 9.59 Å². The van der Waals surface area contributed by atoms with Gasteiger partial charge in [-0.15, -0.1) is 0 Å². The van der Waals surface area contributed by atoms with Crippen LogP contribution in [0.4, 0.5) is 0 Å². The van der Waals surface area contributed by atoms with Crippen LogP contribution in [0.25, 0.3) is 0 Å². The zero-order valence-electron chi connectivity index (χ0n) is 6.40. The minimum Gasteiger partial charge on any atom is -0.481 e. The lowest BCUT2D eigenvalue weighted by Gasteiger charge is -1.83. The molecule has 0 aliphatic rings. The van der Waals surface area contributed by atoms with Crippen molar-refractivity contribution in [3.8, 4) is 0 Å². The average molecular weight is 169 g/mol. The fourth-order valence-electron chi connectivity index (χ4n) is 0.711. The highest BCUT2D eigenvalue weighted by atomic mass is 16.5. The highest BCUT2D eigenvalue weighted by Gasteiger charge is 2.10. The van der Waals surface area contributed by atoms with E-state index < -0.39 is 5.97 Å². The van der Waals surface area contributed by atoms with Crippen LogP contribution >= 0.6 is 0 Å². The van der Waals surface area contributed by atoms with Gasteiger partial charge in [-0.2, -0.15) is 0 Å². The van der Waals surface area contributed by atoms with Crippen molar-refractivity contribution in [3.05, 3.63) is 17.5 Å². The molecule has 0 fully saturated rings. The lowest BCUT2D eigenvalue weighted by Crippen LogP contribution is -1.98. The molecule has 5 nitrogen and oxygen atoms in total. The van der Waals surface area contributed by atoms with Gasteiger partial charge in [0.25, 0.3) is 0 Å². The lowest BCUT2D eigenvalue weighted by molar-refractivity contribution is -0.136. The van der Waals surface area contributed by atoms with Crippen LogP contribution < -0.4 is 0 Å². The summed E-state index contributed by atoms with van der Waals surface area (Å²) in [6, 6.07) is 1.33. The van der Waals surface area contributed by atoms with Crippen LogP contribution in [0.15, 0.2) is 10.6 Å². The fourth-order valence-corrected chi connectivity index (χ4v) is 0.711. The minimum atomic E-state index is -1.01. The normalized spacial score (nSPS) is 9.75. The molecule has 0 aliphatic heterocycles. The maximum atomic E-state index is 10.7. The van der Waals surface area contributed by atoms with Gasteiger partial charge in [0.2, 0.25) is 0 Å². The number of carbonyl (C=O) groups is 2. The van der Waals surface area contributed by atoms with Crippen LogP contribution in [-0.4, -0.2) is 22.0 Å². The average Bonchev–Trinajstić information content (AvgIpc) is 2.34. The van der Waals surface area contributed by atoms with E-state index in [2.05, 4.69) is 9.68 Å². The van der Waals surface area contributed by atoms with Crippen LogP contribution in [0.2, 0.25) is 0 Å². The van der Waals surface area contributed by atoms with Crippen molar-refractivity contribution in [3.63, 3.8) is 0 Å². The first kappa shape index (κ1) is 8.45. The second-order valence-electron chi connectivity index (χ2n) is 2.31. The summed E-state index contributed by atoms with van der Waals surface area (Å²) in [5, 5.41) is 11.7. The summed E-state index contributed by atoms with van der Waals surface area (Å²) in [4.78, 5) is 20.8. The summed E-state index contributed by atoms with van der Waals surface area (Å²) in [6.07, 6.45) is -0.250. The Bertz CT molecular complexity index is 315. The third-order valence-corrected chi connectivity index (χ3v) is 1.25. The second-order valence-corrected chi connectivity index (χ2v) is 2.31. The zero-order valence-corrected chi connectivity index (χ0v) is 6.40. The number of hydrogen-bond donors (Lipinski definition) is 1. The second kappa shape index (κ2) is 3.17. The molecule has 0 saturated heterocycles. The van der Waals surface area contributed by atoms with Gasteiger partial charge in [0, 0.05) is 13.0 Å². The van der Waals surface area contributed by atoms with Gasteiger partial charge in [-0.3, -0.25) is 9.59 Å². The van der Waals surface area contributed by atoms with Crippen LogP contribution in [0.3, 0.4) is 0 Å². The van der Waals surface area contributed by atoms with E-state index in [0.29, 0.717) is 0 Å². The van der Waals surface area contributed by atoms with E-state index in [1.165, 1.54) is 13.0 Å². The fraction of sp³-hybridized carbons (Fsp3) is 0.286. The number of hydrogen-bond acceptors (Lipinski definition) is 4. The lowest BCUT2D eigenvalue weighted by atomic mass is 10.2. The number of Topliss-reactive ketones (excluding diaryl/α,β-unsaturated/α-hetero) is 1. The third-order valence-electron chi connectivity index (χ3n) is 1.25. The first-order valence-electron chi connectivity index (χ1n) is 3.28. The molecule has 0 radical (unpaired) electrons. The maximum absolute atomic E-state index is 10.7. The molecule has 64 valence electrons. The summed E-state index contributed by atoms with van der Waals surface area (Å²) in [5.41, 5.74) is 0.159. The van der Waals surface area contributed by atoms with E-state index in [1.807, 2.05) is 0 Å². The van der Waals surface area contributed by atoms with E-state index in [1.54, 1.807) is 0 Å². The van der Waals surface area contributed by atoms with Crippen molar-refractivity contribution in [2.45, 2.75) is 13.3 Å². The van der Waals surface area contributed by atoms with E-state index >= 15 is 0 Å². The Labute approximate surface area is 68.0 Å². The number of nitrogens with zero attached hydrogens (tertiary/aromatic N) is 1. The molecule has 0 spiro atoms. The summed E-state index contributed by atoms with van der Waals surface area (Å²) in [6.45, 7) is 1.34. The molecule has 0 bridgehead atoms. The van der Waals surface area contributed by atoms with E-state index in [-0.39, 0.29) is 23.7 Å². The smallest absolute Gasteiger partial charge is 0.311 e. The van der Waals surface area contributed by atoms with Crippen LogP contribution in [0, 0.1) is 0 Å². The van der Waals surface area contributed by atoms with Gasteiger partial charge >= 0.3 is 5.97 Å².